The highest BCUT2D eigenvalue weighted by atomic mass is 79.9. The Kier molecular flexibility index (Phi) is 23.4. The molecule has 9 nitrogen and oxygen atoms in total. The smallest absolute Gasteiger partial charge is 0.373 e. The van der Waals surface area contributed by atoms with E-state index in [1.807, 2.05) is 25.3 Å². The van der Waals surface area contributed by atoms with Gasteiger partial charge in [0.05, 0.1) is 11.4 Å². The van der Waals surface area contributed by atoms with Crippen molar-refractivity contribution in [3.63, 3.8) is 0 Å². The molecule has 0 amide bonds. The number of nitrogens with one attached hydrogen (secondary N) is 1. The Hall–Kier alpha value is -1.59. The first-order chi connectivity index (χ1) is 33.4. The van der Waals surface area contributed by atoms with Crippen LogP contribution in [0, 0.1) is 11.8 Å². The third-order valence-corrected chi connectivity index (χ3v) is 17.1. The number of fused-ring (bicyclic) bond motifs is 4. The van der Waals surface area contributed by atoms with Crippen molar-refractivity contribution in [2.24, 2.45) is 17.6 Å². The highest BCUT2D eigenvalue weighted by Gasteiger charge is 2.40. The average Bonchev–Trinajstić information content (AvgIpc) is 3.59. The van der Waals surface area contributed by atoms with Gasteiger partial charge in [-0.1, -0.05) is 49.7 Å². The minimum Gasteiger partial charge on any atom is -0.437 e. The third kappa shape index (κ3) is 15.3. The Balaban J connectivity index is 0.000000227. The summed E-state index contributed by atoms with van der Waals surface area (Å²) in [6.45, 7) is 9.60. The maximum absolute atomic E-state index is 9.92. The lowest BCUT2D eigenvalue weighted by atomic mass is 9.74. The molecule has 6 unspecified atom stereocenters. The molecular formula is C55H79BBr2Cl2N6O3S. The van der Waals surface area contributed by atoms with E-state index in [-0.39, 0.29) is 25.4 Å². The summed E-state index contributed by atoms with van der Waals surface area (Å²) in [4.78, 5) is 15.3. The molecule has 2 aliphatic carbocycles. The molecule has 4 N–H and O–H groups in total. The number of methoxy groups -OCH3 is 2. The monoisotopic (exact) mass is 1140 g/mol. The summed E-state index contributed by atoms with van der Waals surface area (Å²) < 4.78 is 12.9. The number of rotatable bonds is 18. The van der Waals surface area contributed by atoms with Crippen molar-refractivity contribution < 1.29 is 14.5 Å². The number of pyridine rings is 2. The maximum Gasteiger partial charge on any atom is 0.373 e. The summed E-state index contributed by atoms with van der Waals surface area (Å²) >= 11 is 24.6. The summed E-state index contributed by atoms with van der Waals surface area (Å²) in [6, 6.07) is 18.9. The van der Waals surface area contributed by atoms with Crippen LogP contribution in [-0.2, 0) is 35.2 Å². The second-order valence-corrected chi connectivity index (χ2v) is 23.1. The summed E-state index contributed by atoms with van der Waals surface area (Å²) in [6.07, 6.45) is 17.9. The number of aryl methyl sites for hydroxylation is 4. The number of nitrogens with two attached hydrogens (primary N) is 1. The Labute approximate surface area is 453 Å². The largest absolute Gasteiger partial charge is 0.437 e. The molecule has 15 heteroatoms. The molecule has 8 rings (SSSR count). The van der Waals surface area contributed by atoms with E-state index in [9.17, 15) is 5.02 Å². The molecule has 70 heavy (non-hydrogen) atoms. The number of benzene rings is 2. The van der Waals surface area contributed by atoms with Crippen molar-refractivity contribution in [2.45, 2.75) is 141 Å². The van der Waals surface area contributed by atoms with Gasteiger partial charge in [0.2, 0.25) is 0 Å². The van der Waals surface area contributed by atoms with E-state index in [0.29, 0.717) is 35.6 Å². The van der Waals surface area contributed by atoms with Crippen molar-refractivity contribution in [3.8, 4) is 0 Å². The van der Waals surface area contributed by atoms with Gasteiger partial charge in [-0.05, 0) is 217 Å². The van der Waals surface area contributed by atoms with Gasteiger partial charge in [-0.25, -0.2) is 0 Å². The summed E-state index contributed by atoms with van der Waals surface area (Å²) in [5.41, 5.74) is 17.1. The topological polar surface area (TPSA) is 109 Å². The van der Waals surface area contributed by atoms with E-state index in [1.54, 1.807) is 14.2 Å². The average molecular weight is 1150 g/mol. The summed E-state index contributed by atoms with van der Waals surface area (Å²) in [7, 11) is 3.08. The van der Waals surface area contributed by atoms with Crippen molar-refractivity contribution in [1.29, 1.82) is 0 Å². The van der Waals surface area contributed by atoms with E-state index in [1.165, 1.54) is 44.8 Å². The fourth-order valence-electron chi connectivity index (χ4n) is 12.1. The van der Waals surface area contributed by atoms with E-state index >= 15 is 0 Å². The number of halogens is 4. The number of likely N-dealkylation sites (tertiary alicyclic amines) is 2. The van der Waals surface area contributed by atoms with Crippen molar-refractivity contribution in [3.05, 3.63) is 125 Å². The lowest BCUT2D eigenvalue weighted by Crippen LogP contribution is -2.52. The number of aromatic nitrogens is 2. The van der Waals surface area contributed by atoms with E-state index in [0.717, 1.165) is 142 Å². The second kappa shape index (κ2) is 28.4. The van der Waals surface area contributed by atoms with Gasteiger partial charge < -0.3 is 25.5 Å². The molecule has 0 bridgehead atoms. The number of piperidine rings is 2. The van der Waals surface area contributed by atoms with Crippen LogP contribution in [0.2, 0.25) is 16.9 Å². The Morgan fingerprint density at radius 1 is 0.771 bits per heavy atom. The normalized spacial score (nSPS) is 23.2. The van der Waals surface area contributed by atoms with Crippen LogP contribution in [0.3, 0.4) is 0 Å². The van der Waals surface area contributed by atoms with E-state index < -0.39 is 7.05 Å². The molecule has 0 spiro atoms. The van der Waals surface area contributed by atoms with Crippen molar-refractivity contribution in [1.82, 2.24) is 25.0 Å². The van der Waals surface area contributed by atoms with Crippen LogP contribution < -0.4 is 11.0 Å². The molecule has 2 aromatic carbocycles. The second-order valence-electron chi connectivity index (χ2n) is 20.1. The van der Waals surface area contributed by atoms with Gasteiger partial charge in [-0.3, -0.25) is 19.8 Å². The van der Waals surface area contributed by atoms with Crippen molar-refractivity contribution in [2.75, 3.05) is 59.4 Å². The number of thiol groups is 1. The van der Waals surface area contributed by atoms with Crippen LogP contribution in [0.4, 0.5) is 0 Å². The SMILES string of the molecule is C.CCC(CN1CCC(C2c3ccc(Cl)cc3CCc3cc(Br)cnc32)C[C@@H]1CCCOC)NB(C)O.COCCC[C@H]1CC(C2c3ccc(Cl)cc3CCc3cc(Br)cnc32)CCN1CC(N)CS. The fourth-order valence-corrected chi connectivity index (χ4v) is 13.3. The molecule has 2 fully saturated rings. The van der Waals surface area contributed by atoms with Gasteiger partial charge in [0.1, 0.15) is 0 Å². The highest BCUT2D eigenvalue weighted by molar-refractivity contribution is 9.10. The first-order valence-corrected chi connectivity index (χ1v) is 28.5. The molecule has 2 aliphatic heterocycles. The lowest BCUT2D eigenvalue weighted by Gasteiger charge is -2.44. The first-order valence-electron chi connectivity index (χ1n) is 25.5. The van der Waals surface area contributed by atoms with Crippen LogP contribution >= 0.6 is 67.7 Å². The highest BCUT2D eigenvalue weighted by Crippen LogP contribution is 2.47. The Morgan fingerprint density at radius 2 is 1.23 bits per heavy atom. The number of hydrogen-bond acceptors (Lipinski definition) is 10. The minimum absolute atomic E-state index is 0. The third-order valence-electron chi connectivity index (χ3n) is 15.3. The molecule has 4 heterocycles. The zero-order chi connectivity index (χ0) is 49.0. The molecular weight excluding hydrogens is 1070 g/mol. The summed E-state index contributed by atoms with van der Waals surface area (Å²) in [5.74, 6) is 2.35. The van der Waals surface area contributed by atoms with Gasteiger partial charge in [0, 0.05) is 114 Å². The quantitative estimate of drug-likeness (QED) is 0.0440. The zero-order valence-electron chi connectivity index (χ0n) is 41.2. The molecule has 8 atom stereocenters. The van der Waals surface area contributed by atoms with Crippen LogP contribution in [0.5, 0.6) is 0 Å². The number of hydrogen-bond donors (Lipinski definition) is 4. The molecule has 0 radical (unpaired) electrons. The number of ether oxygens (including phenoxy) is 2. The standard InChI is InChI=1S/C28H40BBrClN3O2.C26H35BrClN3OS.CH4/c1-4-24(33-29(2)35)18-34-12-11-20(16-25(34)6-5-13-36-3)27-26-10-9-23(31)15-19(26)7-8-21-14-22(30)17-32-28(21)27;1-32-10-2-3-23-13-18(8-9-31(23)15-22(29)16-33)25-24-7-6-21(28)12-17(24)4-5-19-11-20(27)14-30-26(19)25;/h9-10,14-15,17,20,24-25,27,33,35H,4-8,11-13,16,18H2,1-3H3;6-7,11-12,14,18,22-23,25,33H,2-5,8-10,13,15-16,29H2,1H3;1H4/t20?,24?,25-,27?;18?,22?,23-,25?;/m00./s1. The van der Waals surface area contributed by atoms with Crippen LogP contribution in [0.1, 0.15) is 129 Å². The number of nitrogens with zero attached hydrogens (tertiary/aromatic N) is 4. The first kappa shape index (κ1) is 57.7. The van der Waals surface area contributed by atoms with Gasteiger partial charge in [0.25, 0.3) is 0 Å². The zero-order valence-corrected chi connectivity index (χ0v) is 46.8. The van der Waals surface area contributed by atoms with Gasteiger partial charge >= 0.3 is 7.05 Å². The van der Waals surface area contributed by atoms with Crippen molar-refractivity contribution >= 4 is 74.7 Å². The molecule has 2 aromatic heterocycles. The lowest BCUT2D eigenvalue weighted by molar-refractivity contribution is 0.0810. The van der Waals surface area contributed by atoms with E-state index in [2.05, 4.69) is 109 Å². The van der Waals surface area contributed by atoms with E-state index in [4.69, 9.17) is 48.4 Å². The minimum atomic E-state index is -0.490. The summed E-state index contributed by atoms with van der Waals surface area (Å²) in [5, 5.41) is 14.9. The molecule has 384 valence electrons. The van der Waals surface area contributed by atoms with Gasteiger partial charge in [-0.2, -0.15) is 12.6 Å². The predicted octanol–water partition coefficient (Wildman–Crippen LogP) is 11.8. The Morgan fingerprint density at radius 3 is 1.66 bits per heavy atom. The molecule has 4 aliphatic rings. The van der Waals surface area contributed by atoms with Gasteiger partial charge in [-0.15, -0.1) is 0 Å². The predicted molar refractivity (Wildman–Crippen MR) is 303 cm³/mol. The Bertz CT molecular complexity index is 2160. The van der Waals surface area contributed by atoms with Crippen LogP contribution in [0.25, 0.3) is 0 Å². The molecule has 0 saturated carbocycles. The van der Waals surface area contributed by atoms with Crippen LogP contribution in [-0.4, -0.2) is 115 Å². The van der Waals surface area contributed by atoms with Gasteiger partial charge in [0.15, 0.2) is 0 Å². The molecule has 4 aromatic rings. The fraction of sp³-hybridized carbons (Fsp3) is 0.600. The molecule has 2 saturated heterocycles. The maximum atomic E-state index is 9.92. The van der Waals surface area contributed by atoms with Crippen LogP contribution in [0.15, 0.2) is 69.9 Å².